The fourth-order valence-electron chi connectivity index (χ4n) is 4.26. The highest BCUT2D eigenvalue weighted by Gasteiger charge is 2.36. The molecule has 10 nitrogen and oxygen atoms in total. The zero-order chi connectivity index (χ0) is 26.7. The van der Waals surface area contributed by atoms with Crippen LogP contribution in [-0.2, 0) is 27.2 Å². The minimum absolute atomic E-state index is 0.0258. The number of amides is 2. The lowest BCUT2D eigenvalue weighted by molar-refractivity contribution is -0.146. The van der Waals surface area contributed by atoms with Crippen LogP contribution in [-0.4, -0.2) is 71.1 Å². The number of rotatable bonds is 11. The lowest BCUT2D eigenvalue weighted by atomic mass is 10.1. The summed E-state index contributed by atoms with van der Waals surface area (Å²) in [6.07, 6.45) is -0.0273. The van der Waals surface area contributed by atoms with Crippen molar-refractivity contribution in [3.63, 3.8) is 0 Å². The van der Waals surface area contributed by atoms with Crippen molar-refractivity contribution in [3.8, 4) is 5.75 Å². The lowest BCUT2D eigenvalue weighted by Gasteiger charge is -2.18. The monoisotopic (exact) mass is 526 g/mol. The van der Waals surface area contributed by atoms with Crippen molar-refractivity contribution in [2.24, 2.45) is 0 Å². The minimum atomic E-state index is -2.14. The zero-order valence-electron chi connectivity index (χ0n) is 21.4. The highest BCUT2D eigenvalue weighted by atomic mass is 31.2. The second-order valence-electron chi connectivity index (χ2n) is 9.53. The molecule has 1 aliphatic heterocycles. The second-order valence-corrected chi connectivity index (χ2v) is 13.0. The summed E-state index contributed by atoms with van der Waals surface area (Å²) in [7, 11) is -2.14. The van der Waals surface area contributed by atoms with Gasteiger partial charge in [-0.15, -0.1) is 0 Å². The van der Waals surface area contributed by atoms with Crippen molar-refractivity contribution in [2.75, 3.05) is 32.8 Å². The number of hydrogen-bond donors (Lipinski definition) is 1. The van der Waals surface area contributed by atoms with Crippen LogP contribution in [0.25, 0.3) is 11.0 Å². The highest BCUT2D eigenvalue weighted by Crippen LogP contribution is 2.33. The molecule has 1 atom stereocenters. The molecule has 0 bridgehead atoms. The molecule has 0 saturated carbocycles. The lowest BCUT2D eigenvalue weighted by Crippen LogP contribution is -2.31. The van der Waals surface area contributed by atoms with Crippen LogP contribution in [0.1, 0.15) is 40.4 Å². The number of benzene rings is 2. The normalized spacial score (nSPS) is 14.2. The average molecular weight is 527 g/mol. The van der Waals surface area contributed by atoms with Gasteiger partial charge in [0.25, 0.3) is 11.8 Å². The van der Waals surface area contributed by atoms with Crippen molar-refractivity contribution in [3.05, 3.63) is 59.4 Å². The first kappa shape index (κ1) is 26.6. The van der Waals surface area contributed by atoms with E-state index < -0.39 is 19.2 Å². The van der Waals surface area contributed by atoms with E-state index in [9.17, 15) is 18.9 Å². The van der Waals surface area contributed by atoms with Gasteiger partial charge in [0.1, 0.15) is 24.3 Å². The summed E-state index contributed by atoms with van der Waals surface area (Å²) in [5, 5.41) is 3.13. The summed E-state index contributed by atoms with van der Waals surface area (Å²) in [6, 6.07) is 12.2. The van der Waals surface area contributed by atoms with Crippen LogP contribution in [0.4, 0.5) is 0 Å². The molecule has 4 rings (SSSR count). The highest BCUT2D eigenvalue weighted by molar-refractivity contribution is 7.62. The Hall–Kier alpha value is -3.49. The number of aromatic nitrogens is 2. The van der Waals surface area contributed by atoms with E-state index in [1.807, 2.05) is 16.7 Å². The summed E-state index contributed by atoms with van der Waals surface area (Å²) in [5.74, 6) is -0.0398. The van der Waals surface area contributed by atoms with Crippen LogP contribution in [0, 0.1) is 0 Å². The number of fused-ring (bicyclic) bond motifs is 2. The quantitative estimate of drug-likeness (QED) is 0.175. The van der Waals surface area contributed by atoms with Crippen molar-refractivity contribution in [1.29, 1.82) is 0 Å². The van der Waals surface area contributed by atoms with Crippen molar-refractivity contribution < 1.29 is 28.4 Å². The molecule has 0 spiro atoms. The molecule has 3 aromatic rings. The maximum Gasteiger partial charge on any atom is 0.302 e. The van der Waals surface area contributed by atoms with Crippen LogP contribution < -0.4 is 10.1 Å². The average Bonchev–Trinajstić information content (AvgIpc) is 3.27. The molecule has 0 fully saturated rings. The number of hydrogen-bond acceptors (Lipinski definition) is 8. The topological polar surface area (TPSA) is 120 Å². The Balaban J connectivity index is 1.59. The molecule has 1 aromatic heterocycles. The third-order valence-corrected chi connectivity index (χ3v) is 6.81. The van der Waals surface area contributed by atoms with Gasteiger partial charge in [-0.1, -0.05) is 12.1 Å². The van der Waals surface area contributed by atoms with Crippen molar-refractivity contribution in [1.82, 2.24) is 19.8 Å². The van der Waals surface area contributed by atoms with Crippen molar-refractivity contribution in [2.45, 2.75) is 33.0 Å². The number of esters is 1. The first-order chi connectivity index (χ1) is 17.5. The largest absolute Gasteiger partial charge is 0.492 e. The molecule has 11 heteroatoms. The van der Waals surface area contributed by atoms with E-state index in [0.29, 0.717) is 47.7 Å². The summed E-state index contributed by atoms with van der Waals surface area (Å²) < 4.78 is 24.9. The van der Waals surface area contributed by atoms with Gasteiger partial charge in [-0.3, -0.25) is 19.3 Å². The first-order valence-corrected chi connectivity index (χ1v) is 14.8. The Morgan fingerprint density at radius 2 is 1.78 bits per heavy atom. The van der Waals surface area contributed by atoms with Gasteiger partial charge in [0.05, 0.1) is 42.4 Å². The number of nitrogens with zero attached hydrogens (tertiary/aromatic N) is 3. The van der Waals surface area contributed by atoms with E-state index in [4.69, 9.17) is 14.5 Å². The Morgan fingerprint density at radius 3 is 2.41 bits per heavy atom. The molecule has 1 N–H and O–H groups in total. The molecule has 0 aliphatic carbocycles. The standard InChI is InChI=1S/C26H31N4O6P/c1-17(36-18(2)31)14-29-23-13-19(35-12-11-27-16-37(3,4)34)9-10-22(23)28-24(29)15-30-25(32)20-7-5-6-8-21(20)26(30)33/h5-10,13,17,27H,11-12,14-16H2,1-4H3/t17-/m0/s1. The Bertz CT molecular complexity index is 1360. The van der Waals surface area contributed by atoms with E-state index in [0.717, 1.165) is 5.52 Å². The van der Waals surface area contributed by atoms with Crippen LogP contribution in [0.3, 0.4) is 0 Å². The van der Waals surface area contributed by atoms with Crippen LogP contribution in [0.15, 0.2) is 42.5 Å². The third-order valence-electron chi connectivity index (χ3n) is 5.82. The maximum absolute atomic E-state index is 12.9. The number of carbonyl (C=O) groups excluding carboxylic acids is 3. The molecular weight excluding hydrogens is 495 g/mol. The molecule has 196 valence electrons. The van der Waals surface area contributed by atoms with E-state index in [1.165, 1.54) is 11.8 Å². The van der Waals surface area contributed by atoms with Gasteiger partial charge in [-0.25, -0.2) is 4.98 Å². The van der Waals surface area contributed by atoms with Gasteiger partial charge < -0.3 is 23.9 Å². The summed E-state index contributed by atoms with van der Waals surface area (Å²) in [5.41, 5.74) is 2.12. The van der Waals surface area contributed by atoms with Gasteiger partial charge in [-0.05, 0) is 44.5 Å². The molecule has 2 aromatic carbocycles. The molecule has 0 saturated heterocycles. The number of ether oxygens (including phenoxy) is 2. The summed E-state index contributed by atoms with van der Waals surface area (Å²) >= 11 is 0. The van der Waals surface area contributed by atoms with Crippen molar-refractivity contribution >= 4 is 36.0 Å². The number of nitrogens with one attached hydrogen (secondary N) is 1. The van der Waals surface area contributed by atoms with Crippen LogP contribution in [0.2, 0.25) is 0 Å². The predicted molar refractivity (Wildman–Crippen MR) is 139 cm³/mol. The molecular formula is C26H31N4O6P. The Morgan fingerprint density at radius 1 is 1.11 bits per heavy atom. The number of imide groups is 1. The van der Waals surface area contributed by atoms with E-state index in [2.05, 4.69) is 5.32 Å². The van der Waals surface area contributed by atoms with Gasteiger partial charge >= 0.3 is 5.97 Å². The second kappa shape index (κ2) is 10.9. The molecule has 2 heterocycles. The fraction of sp³-hybridized carbons (Fsp3) is 0.385. The molecule has 0 radical (unpaired) electrons. The Kier molecular flexibility index (Phi) is 7.80. The number of imidazole rings is 1. The zero-order valence-corrected chi connectivity index (χ0v) is 22.3. The fourth-order valence-corrected chi connectivity index (χ4v) is 4.95. The third kappa shape index (κ3) is 6.26. The van der Waals surface area contributed by atoms with Crippen LogP contribution in [0.5, 0.6) is 5.75 Å². The Labute approximate surface area is 215 Å². The molecule has 2 amide bonds. The van der Waals surface area contributed by atoms with E-state index >= 15 is 0 Å². The van der Waals surface area contributed by atoms with Gasteiger partial charge in [0.15, 0.2) is 0 Å². The summed E-state index contributed by atoms with van der Waals surface area (Å²) in [6.45, 7) is 7.74. The predicted octanol–water partition coefficient (Wildman–Crippen LogP) is 3.33. The van der Waals surface area contributed by atoms with Gasteiger partial charge in [0, 0.05) is 25.8 Å². The van der Waals surface area contributed by atoms with Gasteiger partial charge in [0.2, 0.25) is 0 Å². The van der Waals surface area contributed by atoms with Gasteiger partial charge in [-0.2, -0.15) is 0 Å². The molecule has 0 unspecified atom stereocenters. The minimum Gasteiger partial charge on any atom is -0.492 e. The summed E-state index contributed by atoms with van der Waals surface area (Å²) in [4.78, 5) is 43.3. The first-order valence-electron chi connectivity index (χ1n) is 12.0. The van der Waals surface area contributed by atoms with E-state index in [1.54, 1.807) is 50.6 Å². The van der Waals surface area contributed by atoms with Crippen LogP contribution >= 0.6 is 7.14 Å². The smallest absolute Gasteiger partial charge is 0.302 e. The van der Waals surface area contributed by atoms with E-state index in [-0.39, 0.29) is 24.9 Å². The SMILES string of the molecule is CC(=O)O[C@@H](C)Cn1c(CN2C(=O)c3ccccc3C2=O)nc2ccc(OCCNCP(C)(C)=O)cc21. The molecule has 37 heavy (non-hydrogen) atoms. The maximum atomic E-state index is 12.9. The number of carbonyl (C=O) groups is 3. The molecule has 1 aliphatic rings.